The fourth-order valence-electron chi connectivity index (χ4n) is 2.78. The lowest BCUT2D eigenvalue weighted by Crippen LogP contribution is -2.29. The van der Waals surface area contributed by atoms with E-state index < -0.39 is 24.0 Å². The Morgan fingerprint density at radius 1 is 0.629 bits per heavy atom. The maximum absolute atomic E-state index is 11.9. The number of carbonyl (C=O) groups excluding carboxylic acids is 3. The van der Waals surface area contributed by atoms with E-state index in [0.29, 0.717) is 0 Å². The number of hydrogen-bond acceptors (Lipinski definition) is 6. The first-order valence-electron chi connectivity index (χ1n) is 12.4. The number of rotatable bonds is 19. The van der Waals surface area contributed by atoms with Crippen molar-refractivity contribution in [3.63, 3.8) is 0 Å². The standard InChI is InChI=1S/C29H42O6/c1-4-5-6-7-8-9-10-11-12-13-14-15-16-17-18-19-20-21-22-23-29(32)35-28(24-33-26(2)30)25-34-27(3)31/h12-23,28H,4-11,24-25H2,1-3H3/b13-12+,15-14+,17-16+,19-18+,21-20+,23-22+. The smallest absolute Gasteiger partial charge is 0.331 e. The molecule has 0 unspecified atom stereocenters. The molecule has 6 heteroatoms. The van der Waals surface area contributed by atoms with Gasteiger partial charge in [-0.1, -0.05) is 112 Å². The predicted molar refractivity (Wildman–Crippen MR) is 141 cm³/mol. The van der Waals surface area contributed by atoms with E-state index in [0.717, 1.165) is 6.42 Å². The molecule has 0 radical (unpaired) electrons. The third-order valence-corrected chi connectivity index (χ3v) is 4.57. The molecule has 0 aliphatic rings. The molecule has 0 aromatic heterocycles. The molecule has 0 heterocycles. The van der Waals surface area contributed by atoms with Gasteiger partial charge in [-0.2, -0.15) is 0 Å². The summed E-state index contributed by atoms with van der Waals surface area (Å²) in [6.07, 6.45) is 31.7. The minimum Gasteiger partial charge on any atom is -0.462 e. The first kappa shape index (κ1) is 31.9. The molecule has 0 aliphatic carbocycles. The van der Waals surface area contributed by atoms with Crippen LogP contribution in [0, 0.1) is 0 Å². The molecular weight excluding hydrogens is 444 g/mol. The van der Waals surface area contributed by atoms with Crippen LogP contribution in [0.5, 0.6) is 0 Å². The first-order chi connectivity index (χ1) is 17.0. The third kappa shape index (κ3) is 25.3. The molecule has 0 saturated carbocycles. The fraction of sp³-hybridized carbons (Fsp3) is 0.483. The Labute approximate surface area is 211 Å². The molecule has 0 bridgehead atoms. The Bertz CT molecular complexity index is 737. The van der Waals surface area contributed by atoms with Crippen molar-refractivity contribution < 1.29 is 28.6 Å². The van der Waals surface area contributed by atoms with E-state index in [2.05, 4.69) is 19.1 Å². The van der Waals surface area contributed by atoms with Gasteiger partial charge in [0.05, 0.1) is 0 Å². The van der Waals surface area contributed by atoms with Gasteiger partial charge in [0.1, 0.15) is 13.2 Å². The number of carbonyl (C=O) groups is 3. The highest BCUT2D eigenvalue weighted by molar-refractivity contribution is 5.82. The summed E-state index contributed by atoms with van der Waals surface area (Å²) >= 11 is 0. The minimum absolute atomic E-state index is 0.184. The largest absolute Gasteiger partial charge is 0.462 e. The predicted octanol–water partition coefficient (Wildman–Crippen LogP) is 6.50. The number of hydrogen-bond donors (Lipinski definition) is 0. The summed E-state index contributed by atoms with van der Waals surface area (Å²) in [6.45, 7) is 4.36. The lowest BCUT2D eigenvalue weighted by molar-refractivity contribution is -0.162. The van der Waals surface area contributed by atoms with Gasteiger partial charge in [0, 0.05) is 19.9 Å². The van der Waals surface area contributed by atoms with Gasteiger partial charge in [0.25, 0.3) is 0 Å². The molecule has 0 spiro atoms. The second-order valence-electron chi connectivity index (χ2n) is 7.90. The zero-order chi connectivity index (χ0) is 26.0. The van der Waals surface area contributed by atoms with Crippen LogP contribution in [0.4, 0.5) is 0 Å². The van der Waals surface area contributed by atoms with Crippen molar-refractivity contribution in [2.45, 2.75) is 78.2 Å². The molecule has 0 aromatic carbocycles. The SMILES string of the molecule is CCCCCCCCC/C=C/C=C/C=C/C=C/C=C/C=C/C(=O)OC(COC(C)=O)COC(C)=O. The highest BCUT2D eigenvalue weighted by Gasteiger charge is 2.16. The first-order valence-corrected chi connectivity index (χ1v) is 12.4. The highest BCUT2D eigenvalue weighted by Crippen LogP contribution is 2.08. The Balaban J connectivity index is 4.08. The van der Waals surface area contributed by atoms with Crippen LogP contribution >= 0.6 is 0 Å². The second-order valence-corrected chi connectivity index (χ2v) is 7.90. The topological polar surface area (TPSA) is 78.9 Å². The Morgan fingerprint density at radius 2 is 1.09 bits per heavy atom. The summed E-state index contributed by atoms with van der Waals surface area (Å²) in [7, 11) is 0. The third-order valence-electron chi connectivity index (χ3n) is 4.57. The van der Waals surface area contributed by atoms with E-state index in [1.807, 2.05) is 36.5 Å². The quantitative estimate of drug-likeness (QED) is 0.0681. The molecule has 0 amide bonds. The average Bonchev–Trinajstić information content (AvgIpc) is 2.82. The van der Waals surface area contributed by atoms with Crippen molar-refractivity contribution in [2.24, 2.45) is 0 Å². The summed E-state index contributed by atoms with van der Waals surface area (Å²) in [5.41, 5.74) is 0. The van der Waals surface area contributed by atoms with Crippen molar-refractivity contribution in [2.75, 3.05) is 13.2 Å². The number of allylic oxidation sites excluding steroid dienone is 11. The van der Waals surface area contributed by atoms with Crippen LogP contribution in [-0.2, 0) is 28.6 Å². The van der Waals surface area contributed by atoms with Crippen molar-refractivity contribution in [3.8, 4) is 0 Å². The highest BCUT2D eigenvalue weighted by atomic mass is 16.6. The van der Waals surface area contributed by atoms with Gasteiger partial charge in [-0.25, -0.2) is 4.79 Å². The summed E-state index contributed by atoms with van der Waals surface area (Å²) in [6, 6.07) is 0. The fourth-order valence-corrected chi connectivity index (χ4v) is 2.78. The molecule has 0 aromatic rings. The Hall–Kier alpha value is -3.15. The van der Waals surface area contributed by atoms with Crippen molar-refractivity contribution in [3.05, 3.63) is 72.9 Å². The van der Waals surface area contributed by atoms with Crippen LogP contribution in [0.25, 0.3) is 0 Å². The van der Waals surface area contributed by atoms with E-state index in [1.165, 1.54) is 70.9 Å². The van der Waals surface area contributed by atoms with E-state index in [9.17, 15) is 14.4 Å². The number of ether oxygens (including phenoxy) is 3. The lowest BCUT2D eigenvalue weighted by atomic mass is 10.1. The molecule has 6 nitrogen and oxygen atoms in total. The number of unbranched alkanes of at least 4 members (excludes halogenated alkanes) is 7. The van der Waals surface area contributed by atoms with Gasteiger partial charge in [-0.15, -0.1) is 0 Å². The van der Waals surface area contributed by atoms with Crippen molar-refractivity contribution >= 4 is 17.9 Å². The van der Waals surface area contributed by atoms with Crippen LogP contribution < -0.4 is 0 Å². The lowest BCUT2D eigenvalue weighted by Gasteiger charge is -2.16. The molecule has 0 rings (SSSR count). The molecule has 0 N–H and O–H groups in total. The monoisotopic (exact) mass is 486 g/mol. The van der Waals surface area contributed by atoms with Gasteiger partial charge in [-0.05, 0) is 12.8 Å². The summed E-state index contributed by atoms with van der Waals surface area (Å²) in [5, 5.41) is 0. The molecule has 0 saturated heterocycles. The van der Waals surface area contributed by atoms with Gasteiger partial charge >= 0.3 is 17.9 Å². The van der Waals surface area contributed by atoms with E-state index in [-0.39, 0.29) is 13.2 Å². The van der Waals surface area contributed by atoms with E-state index in [4.69, 9.17) is 14.2 Å². The average molecular weight is 487 g/mol. The zero-order valence-electron chi connectivity index (χ0n) is 21.5. The molecule has 194 valence electrons. The molecule has 0 atom stereocenters. The summed E-state index contributed by atoms with van der Waals surface area (Å²) in [5.74, 6) is -1.66. The Kier molecular flexibility index (Phi) is 21.8. The zero-order valence-corrected chi connectivity index (χ0v) is 21.5. The maximum atomic E-state index is 11.9. The van der Waals surface area contributed by atoms with Crippen LogP contribution in [0.3, 0.4) is 0 Å². The van der Waals surface area contributed by atoms with Crippen LogP contribution in [0.1, 0.15) is 72.1 Å². The van der Waals surface area contributed by atoms with Gasteiger partial charge in [-0.3, -0.25) is 9.59 Å². The maximum Gasteiger partial charge on any atom is 0.331 e. The normalized spacial score (nSPS) is 12.3. The van der Waals surface area contributed by atoms with Crippen LogP contribution in [0.15, 0.2) is 72.9 Å². The van der Waals surface area contributed by atoms with Crippen LogP contribution in [0.2, 0.25) is 0 Å². The van der Waals surface area contributed by atoms with E-state index >= 15 is 0 Å². The van der Waals surface area contributed by atoms with Crippen LogP contribution in [-0.4, -0.2) is 37.2 Å². The van der Waals surface area contributed by atoms with Crippen molar-refractivity contribution in [1.82, 2.24) is 0 Å². The minimum atomic E-state index is -0.864. The number of esters is 3. The van der Waals surface area contributed by atoms with Gasteiger partial charge < -0.3 is 14.2 Å². The van der Waals surface area contributed by atoms with Gasteiger partial charge in [0.15, 0.2) is 6.10 Å². The molecule has 0 aliphatic heterocycles. The summed E-state index contributed by atoms with van der Waals surface area (Å²) < 4.78 is 14.8. The molecule has 35 heavy (non-hydrogen) atoms. The second kappa shape index (κ2) is 24.0. The molecular formula is C29H42O6. The van der Waals surface area contributed by atoms with Gasteiger partial charge in [0.2, 0.25) is 0 Å². The summed E-state index contributed by atoms with van der Waals surface area (Å²) in [4.78, 5) is 33.7. The van der Waals surface area contributed by atoms with Crippen molar-refractivity contribution in [1.29, 1.82) is 0 Å². The Morgan fingerprint density at radius 3 is 1.60 bits per heavy atom. The van der Waals surface area contributed by atoms with E-state index in [1.54, 1.807) is 12.2 Å². The molecule has 0 fully saturated rings.